The smallest absolute Gasteiger partial charge is 0.263 e. The lowest BCUT2D eigenvalue weighted by atomic mass is 9.97. The molecule has 130 valence electrons. The molecule has 3 rings (SSSR count). The van der Waals surface area contributed by atoms with E-state index >= 15 is 0 Å². The first-order valence-electron chi connectivity index (χ1n) is 8.29. The molecule has 0 unspecified atom stereocenters. The summed E-state index contributed by atoms with van der Waals surface area (Å²) in [5, 5.41) is 7.79. The fourth-order valence-electron chi connectivity index (χ4n) is 3.10. The van der Waals surface area contributed by atoms with Crippen LogP contribution < -0.4 is 10.2 Å². The third-order valence-electron chi connectivity index (χ3n) is 4.34. The maximum atomic E-state index is 12.4. The minimum atomic E-state index is -0.0357. The number of hydrogen-bond acceptors (Lipinski definition) is 7. The first kappa shape index (κ1) is 16.6. The second-order valence-electron chi connectivity index (χ2n) is 6.07. The highest BCUT2D eigenvalue weighted by molar-refractivity contribution is 5.88. The van der Waals surface area contributed by atoms with Crippen LogP contribution in [0, 0.1) is 12.8 Å². The zero-order valence-electron chi connectivity index (χ0n) is 14.1. The van der Waals surface area contributed by atoms with Gasteiger partial charge in [-0.1, -0.05) is 5.16 Å². The number of rotatable bonds is 6. The van der Waals surface area contributed by atoms with Crippen molar-refractivity contribution in [2.45, 2.75) is 26.2 Å². The van der Waals surface area contributed by atoms with Crippen LogP contribution >= 0.6 is 0 Å². The molecule has 2 aromatic heterocycles. The number of aryl methyl sites for hydroxylation is 1. The van der Waals surface area contributed by atoms with Crippen molar-refractivity contribution < 1.29 is 14.1 Å². The lowest BCUT2D eigenvalue weighted by Gasteiger charge is -2.33. The average Bonchev–Trinajstić information content (AvgIpc) is 3.00. The van der Waals surface area contributed by atoms with Gasteiger partial charge in [0, 0.05) is 33.4 Å². The number of ether oxygens (including phenoxy) is 1. The topological polar surface area (TPSA) is 93.4 Å². The number of hydrogen-bond donors (Lipinski definition) is 1. The van der Waals surface area contributed by atoms with Crippen LogP contribution in [0.5, 0.6) is 0 Å². The first-order valence-corrected chi connectivity index (χ1v) is 8.29. The van der Waals surface area contributed by atoms with E-state index in [2.05, 4.69) is 25.3 Å². The Bertz CT molecular complexity index is 702. The second-order valence-corrected chi connectivity index (χ2v) is 6.07. The summed E-state index contributed by atoms with van der Waals surface area (Å²) < 4.78 is 10.2. The van der Waals surface area contributed by atoms with Gasteiger partial charge in [-0.25, -0.2) is 4.98 Å². The van der Waals surface area contributed by atoms with Gasteiger partial charge in [0.2, 0.25) is 5.91 Å². The molecule has 0 saturated carbocycles. The van der Waals surface area contributed by atoms with Crippen LogP contribution in [0.4, 0.5) is 5.82 Å². The third kappa shape index (κ3) is 3.48. The van der Waals surface area contributed by atoms with Gasteiger partial charge in [0.15, 0.2) is 0 Å². The summed E-state index contributed by atoms with van der Waals surface area (Å²) in [6.45, 7) is 4.69. The number of nitrogens with zero attached hydrogens (tertiary/aromatic N) is 4. The maximum absolute atomic E-state index is 12.4. The van der Waals surface area contributed by atoms with Gasteiger partial charge in [0.1, 0.15) is 17.5 Å². The predicted octanol–water partition coefficient (Wildman–Crippen LogP) is 1.30. The summed E-state index contributed by atoms with van der Waals surface area (Å²) in [5.74, 6) is 0.866. The van der Waals surface area contributed by atoms with Crippen molar-refractivity contribution in [3.63, 3.8) is 0 Å². The number of carbonyl (C=O) groups excluding carboxylic acids is 1. The number of anilines is 1. The van der Waals surface area contributed by atoms with E-state index in [1.807, 2.05) is 6.92 Å². The Kier molecular flexibility index (Phi) is 5.24. The van der Waals surface area contributed by atoms with Crippen molar-refractivity contribution in [1.29, 1.82) is 0 Å². The molecular weight excluding hydrogens is 310 g/mol. The summed E-state index contributed by atoms with van der Waals surface area (Å²) in [7, 11) is 1.66. The standard InChI is InChI=1S/C16H23N5O3/c1-11-13-14(18-10-19-16(13)24-20-11)21-7-3-5-12(9-21)15(22)17-6-4-8-23-2/h10,12H,3-9H2,1-2H3,(H,17,22)/t12-/m1/s1. The molecule has 1 amide bonds. The highest BCUT2D eigenvalue weighted by atomic mass is 16.5. The van der Waals surface area contributed by atoms with Crippen LogP contribution in [0.3, 0.4) is 0 Å². The van der Waals surface area contributed by atoms with Gasteiger partial charge >= 0.3 is 0 Å². The average molecular weight is 333 g/mol. The Morgan fingerprint density at radius 3 is 3.21 bits per heavy atom. The molecule has 1 saturated heterocycles. The summed E-state index contributed by atoms with van der Waals surface area (Å²) in [5.41, 5.74) is 1.26. The SMILES string of the molecule is COCCCNC(=O)[C@@H]1CCCN(c2ncnc3onc(C)c23)C1. The summed E-state index contributed by atoms with van der Waals surface area (Å²) >= 11 is 0. The Balaban J connectivity index is 1.69. The Labute approximate surface area is 140 Å². The molecule has 2 aromatic rings. The van der Waals surface area contributed by atoms with Crippen molar-refractivity contribution in [2.24, 2.45) is 5.92 Å². The fraction of sp³-hybridized carbons (Fsp3) is 0.625. The molecule has 8 heteroatoms. The molecule has 8 nitrogen and oxygen atoms in total. The Morgan fingerprint density at radius 2 is 2.38 bits per heavy atom. The molecule has 3 heterocycles. The van der Waals surface area contributed by atoms with E-state index in [1.54, 1.807) is 7.11 Å². The molecule has 1 fully saturated rings. The number of carbonyl (C=O) groups is 1. The third-order valence-corrected chi connectivity index (χ3v) is 4.34. The normalized spacial score (nSPS) is 18.1. The van der Waals surface area contributed by atoms with Crippen LogP contribution in [-0.2, 0) is 9.53 Å². The summed E-state index contributed by atoms with van der Waals surface area (Å²) in [6.07, 6.45) is 4.15. The van der Waals surface area contributed by atoms with Gasteiger partial charge in [-0.05, 0) is 26.2 Å². The predicted molar refractivity (Wildman–Crippen MR) is 88.8 cm³/mol. The number of nitrogens with one attached hydrogen (secondary N) is 1. The van der Waals surface area contributed by atoms with Crippen LogP contribution in [0.1, 0.15) is 25.0 Å². The number of methoxy groups -OCH3 is 1. The van der Waals surface area contributed by atoms with Gasteiger partial charge in [0.25, 0.3) is 5.71 Å². The Morgan fingerprint density at radius 1 is 1.50 bits per heavy atom. The van der Waals surface area contributed by atoms with Crippen molar-refractivity contribution in [2.75, 3.05) is 38.3 Å². The van der Waals surface area contributed by atoms with Crippen molar-refractivity contribution in [1.82, 2.24) is 20.4 Å². The summed E-state index contributed by atoms with van der Waals surface area (Å²) in [6, 6.07) is 0. The van der Waals surface area contributed by atoms with Gasteiger partial charge in [-0.2, -0.15) is 4.98 Å². The number of aromatic nitrogens is 3. The number of amides is 1. The van der Waals surface area contributed by atoms with Gasteiger partial charge in [0.05, 0.1) is 11.6 Å². The van der Waals surface area contributed by atoms with Crippen LogP contribution in [0.25, 0.3) is 11.1 Å². The van der Waals surface area contributed by atoms with Gasteiger partial charge in [-0.15, -0.1) is 0 Å². The van der Waals surface area contributed by atoms with Crippen molar-refractivity contribution in [3.05, 3.63) is 12.0 Å². The minimum Gasteiger partial charge on any atom is -0.385 e. The monoisotopic (exact) mass is 333 g/mol. The summed E-state index contributed by atoms with van der Waals surface area (Å²) in [4.78, 5) is 23.0. The Hall–Kier alpha value is -2.22. The molecule has 24 heavy (non-hydrogen) atoms. The molecule has 1 aliphatic heterocycles. The minimum absolute atomic E-state index is 0.0357. The van der Waals surface area contributed by atoms with E-state index in [1.165, 1.54) is 6.33 Å². The number of piperidine rings is 1. The van der Waals surface area contributed by atoms with Crippen LogP contribution in [0.2, 0.25) is 0 Å². The van der Waals surface area contributed by atoms with Crippen LogP contribution in [0.15, 0.2) is 10.9 Å². The molecule has 1 aliphatic rings. The zero-order chi connectivity index (χ0) is 16.9. The van der Waals surface area contributed by atoms with E-state index in [0.717, 1.165) is 42.7 Å². The van der Waals surface area contributed by atoms with Crippen LogP contribution in [-0.4, -0.2) is 54.4 Å². The lowest BCUT2D eigenvalue weighted by molar-refractivity contribution is -0.125. The first-order chi connectivity index (χ1) is 11.7. The zero-order valence-corrected chi connectivity index (χ0v) is 14.1. The molecule has 0 radical (unpaired) electrons. The molecule has 0 spiro atoms. The largest absolute Gasteiger partial charge is 0.385 e. The molecule has 0 aliphatic carbocycles. The molecule has 0 aromatic carbocycles. The number of fused-ring (bicyclic) bond motifs is 1. The van der Waals surface area contributed by atoms with Crippen molar-refractivity contribution >= 4 is 22.8 Å². The van der Waals surface area contributed by atoms with E-state index in [-0.39, 0.29) is 11.8 Å². The van der Waals surface area contributed by atoms with E-state index < -0.39 is 0 Å². The lowest BCUT2D eigenvalue weighted by Crippen LogP contribution is -2.43. The molecule has 1 N–H and O–H groups in total. The fourth-order valence-corrected chi connectivity index (χ4v) is 3.10. The molecular formula is C16H23N5O3. The highest BCUT2D eigenvalue weighted by Crippen LogP contribution is 2.29. The van der Waals surface area contributed by atoms with E-state index in [9.17, 15) is 4.79 Å². The quantitative estimate of drug-likeness (QED) is 0.796. The van der Waals surface area contributed by atoms with Gasteiger partial charge < -0.3 is 19.5 Å². The molecule has 0 bridgehead atoms. The highest BCUT2D eigenvalue weighted by Gasteiger charge is 2.28. The second kappa shape index (κ2) is 7.57. The van der Waals surface area contributed by atoms with E-state index in [0.29, 0.717) is 25.4 Å². The molecule has 1 atom stereocenters. The maximum Gasteiger partial charge on any atom is 0.263 e. The van der Waals surface area contributed by atoms with Crippen molar-refractivity contribution in [3.8, 4) is 0 Å². The van der Waals surface area contributed by atoms with Gasteiger partial charge in [-0.3, -0.25) is 4.79 Å². The van der Waals surface area contributed by atoms with E-state index in [4.69, 9.17) is 9.26 Å².